The fraction of sp³-hybridized carbons (Fsp3) is 0. The highest BCUT2D eigenvalue weighted by atomic mass is 28.3. The number of aromatic amines is 2. The van der Waals surface area contributed by atoms with Crippen LogP contribution in [0.2, 0.25) is 0 Å². The second-order valence-electron chi connectivity index (χ2n) is 10.5. The maximum absolute atomic E-state index is 5.84. The molecule has 3 aromatic heterocycles. The molecule has 11 heteroatoms. The molecule has 8 bridgehead atoms. The molecule has 0 saturated heterocycles. The second kappa shape index (κ2) is 9.32. The van der Waals surface area contributed by atoms with Crippen LogP contribution in [0, 0.1) is 0 Å². The number of H-pyrrole nitrogens is 2. The number of rotatable bonds is 2. The molecule has 0 spiro atoms. The van der Waals surface area contributed by atoms with Crippen molar-refractivity contribution < 1.29 is 4.12 Å². The van der Waals surface area contributed by atoms with E-state index in [1.807, 2.05) is 72.8 Å². The molecule has 2 aliphatic heterocycles. The standard InChI is InChI=1S/C32H22N8OSi2/c42-41-43-23-15-7-14-22-24(23)32-39-30-21-13-6-5-12-20(21)28(37-30)35-26-17-9-2-1-8-16(17)25(33-26)34-27-18-10-3-4-11-19(18)29(36-27)38-31(22)40-32/h1-15H,43H2,42H3,(H2,33,34,35,36,37,38,39,40). The first-order valence-electron chi connectivity index (χ1n) is 14.0. The zero-order chi connectivity index (χ0) is 28.5. The molecular formula is C32H22N8OSi2. The Morgan fingerprint density at radius 1 is 0.465 bits per heavy atom. The molecule has 0 fully saturated rings. The van der Waals surface area contributed by atoms with E-state index in [4.69, 9.17) is 34.0 Å². The van der Waals surface area contributed by atoms with Crippen LogP contribution in [0.3, 0.4) is 0 Å². The molecule has 2 aliphatic rings. The largest absolute Gasteiger partial charge is 0.465 e. The van der Waals surface area contributed by atoms with Crippen molar-refractivity contribution in [2.45, 2.75) is 0 Å². The third kappa shape index (κ3) is 3.72. The van der Waals surface area contributed by atoms with E-state index >= 15 is 0 Å². The van der Waals surface area contributed by atoms with Crippen molar-refractivity contribution in [1.82, 2.24) is 39.9 Å². The normalized spacial score (nSPS) is 12.4. The predicted octanol–water partition coefficient (Wildman–Crippen LogP) is 3.88. The van der Waals surface area contributed by atoms with Gasteiger partial charge in [-0.3, -0.25) is 0 Å². The van der Waals surface area contributed by atoms with Crippen molar-refractivity contribution in [3.63, 3.8) is 0 Å². The lowest BCUT2D eigenvalue weighted by molar-refractivity contribution is 0.677. The van der Waals surface area contributed by atoms with Gasteiger partial charge in [0, 0.05) is 43.8 Å². The van der Waals surface area contributed by atoms with Gasteiger partial charge in [-0.05, 0) is 5.19 Å². The highest BCUT2D eigenvalue weighted by molar-refractivity contribution is 6.55. The lowest BCUT2D eigenvalue weighted by Crippen LogP contribution is -2.17. The summed E-state index contributed by atoms with van der Waals surface area (Å²) in [5, 5.41) is 5.06. The topological polar surface area (TPSA) is 118 Å². The number of hydrogen-bond donors (Lipinski definition) is 2. The number of benzene rings is 4. The molecule has 0 amide bonds. The zero-order valence-corrected chi connectivity index (χ0v) is 26.4. The van der Waals surface area contributed by atoms with Crippen LogP contribution in [0.25, 0.3) is 89.7 Å². The van der Waals surface area contributed by atoms with Crippen molar-refractivity contribution in [2.75, 3.05) is 0 Å². The summed E-state index contributed by atoms with van der Waals surface area (Å²) in [6.07, 6.45) is 0. The average Bonchev–Trinajstić information content (AvgIpc) is 3.77. The Labute approximate surface area is 249 Å². The molecule has 0 atom stereocenters. The van der Waals surface area contributed by atoms with Gasteiger partial charge in [0.05, 0.1) is 0 Å². The van der Waals surface area contributed by atoms with Crippen LogP contribution in [-0.2, 0) is 4.12 Å². The summed E-state index contributed by atoms with van der Waals surface area (Å²) in [5.41, 5.74) is 6.45. The van der Waals surface area contributed by atoms with Crippen molar-refractivity contribution in [3.8, 4) is 45.6 Å². The molecule has 9 rings (SSSR count). The number of hydrogen-bond acceptors (Lipinski definition) is 7. The number of nitrogens with one attached hydrogen (secondary N) is 2. The SMILES string of the molecule is [SiH3]O[SiH2]c1cccc2c3nc4nc(nc5[nH]c(nc6nc(nc([nH]3)c12)-c1ccccc1-6)c1ccccc51)-c1ccccc1-4. The van der Waals surface area contributed by atoms with E-state index in [9.17, 15) is 0 Å². The first kappa shape index (κ1) is 24.3. The van der Waals surface area contributed by atoms with Crippen LogP contribution in [0.15, 0.2) is 91.0 Å². The highest BCUT2D eigenvalue weighted by Crippen LogP contribution is 2.36. The van der Waals surface area contributed by atoms with Gasteiger partial charge in [0.1, 0.15) is 33.1 Å². The van der Waals surface area contributed by atoms with Crippen LogP contribution in [0.4, 0.5) is 0 Å². The lowest BCUT2D eigenvalue weighted by Gasteiger charge is -2.01. The molecule has 9 nitrogen and oxygen atoms in total. The van der Waals surface area contributed by atoms with Gasteiger partial charge in [0.2, 0.25) is 0 Å². The summed E-state index contributed by atoms with van der Waals surface area (Å²) in [6, 6.07) is 30.5. The fourth-order valence-corrected chi connectivity index (χ4v) is 8.02. The van der Waals surface area contributed by atoms with E-state index < -0.39 is 9.76 Å². The lowest BCUT2D eigenvalue weighted by atomic mass is 10.1. The smallest absolute Gasteiger partial charge is 0.178 e. The molecule has 204 valence electrons. The Hall–Kier alpha value is -5.37. The van der Waals surface area contributed by atoms with Gasteiger partial charge >= 0.3 is 0 Å². The molecule has 4 aromatic carbocycles. The molecule has 2 N–H and O–H groups in total. The van der Waals surface area contributed by atoms with Gasteiger partial charge in [-0.25, -0.2) is 29.9 Å². The van der Waals surface area contributed by atoms with Gasteiger partial charge < -0.3 is 14.1 Å². The van der Waals surface area contributed by atoms with E-state index in [1.165, 1.54) is 5.19 Å². The maximum Gasteiger partial charge on any atom is 0.178 e. The van der Waals surface area contributed by atoms with Crippen molar-refractivity contribution >= 4 is 69.6 Å². The Morgan fingerprint density at radius 3 is 1.40 bits per heavy atom. The van der Waals surface area contributed by atoms with Crippen LogP contribution in [0.1, 0.15) is 0 Å². The molecule has 0 unspecified atom stereocenters. The third-order valence-electron chi connectivity index (χ3n) is 7.97. The zero-order valence-electron chi connectivity index (χ0n) is 23.0. The van der Waals surface area contributed by atoms with Crippen molar-refractivity contribution in [3.05, 3.63) is 91.0 Å². The van der Waals surface area contributed by atoms with Gasteiger partial charge in [-0.2, -0.15) is 0 Å². The second-order valence-corrected chi connectivity index (χ2v) is 13.9. The minimum absolute atomic E-state index is 0.595. The highest BCUT2D eigenvalue weighted by Gasteiger charge is 2.22. The number of aromatic nitrogens is 8. The van der Waals surface area contributed by atoms with Gasteiger partial charge in [0.15, 0.2) is 33.1 Å². The van der Waals surface area contributed by atoms with Crippen LogP contribution >= 0.6 is 0 Å². The summed E-state index contributed by atoms with van der Waals surface area (Å²) in [7, 11) is -0.250. The number of fused-ring (bicyclic) bond motifs is 20. The molecule has 0 aliphatic carbocycles. The fourth-order valence-electron chi connectivity index (χ4n) is 6.04. The molecule has 0 radical (unpaired) electrons. The van der Waals surface area contributed by atoms with Gasteiger partial charge in [0.25, 0.3) is 0 Å². The molecule has 43 heavy (non-hydrogen) atoms. The Morgan fingerprint density at radius 2 is 0.884 bits per heavy atom. The first-order chi connectivity index (χ1) is 21.2. The number of nitrogens with zero attached hydrogens (tertiary/aromatic N) is 6. The average molecular weight is 591 g/mol. The summed E-state index contributed by atoms with van der Waals surface area (Å²) in [6.45, 7) is 0. The minimum atomic E-state index is -0.936. The van der Waals surface area contributed by atoms with E-state index in [0.29, 0.717) is 56.4 Å². The molecule has 0 saturated carbocycles. The summed E-state index contributed by atoms with van der Waals surface area (Å²) in [4.78, 5) is 37.2. The van der Waals surface area contributed by atoms with Crippen LogP contribution in [-0.4, -0.2) is 60.1 Å². The van der Waals surface area contributed by atoms with Gasteiger partial charge in [-0.15, -0.1) is 0 Å². The van der Waals surface area contributed by atoms with Crippen LogP contribution in [0.5, 0.6) is 0 Å². The predicted molar refractivity (Wildman–Crippen MR) is 175 cm³/mol. The molecule has 5 heterocycles. The Bertz CT molecular complexity index is 2450. The van der Waals surface area contributed by atoms with E-state index in [1.54, 1.807) is 0 Å². The Balaban J connectivity index is 1.51. The first-order valence-corrected chi connectivity index (χ1v) is 16.1. The Kier molecular flexibility index (Phi) is 5.26. The minimum Gasteiger partial charge on any atom is -0.465 e. The van der Waals surface area contributed by atoms with E-state index in [0.717, 1.165) is 43.8 Å². The van der Waals surface area contributed by atoms with E-state index in [2.05, 4.69) is 28.2 Å². The monoisotopic (exact) mass is 590 g/mol. The summed E-state index contributed by atoms with van der Waals surface area (Å²) >= 11 is 0. The summed E-state index contributed by atoms with van der Waals surface area (Å²) < 4.78 is 5.84. The van der Waals surface area contributed by atoms with Crippen molar-refractivity contribution in [1.29, 1.82) is 0 Å². The molecule has 7 aromatic rings. The summed E-state index contributed by atoms with van der Waals surface area (Å²) in [5.74, 6) is 2.38. The quantitative estimate of drug-likeness (QED) is 0.294. The van der Waals surface area contributed by atoms with E-state index in [-0.39, 0.29) is 0 Å². The third-order valence-corrected chi connectivity index (χ3v) is 10.0. The van der Waals surface area contributed by atoms with Crippen molar-refractivity contribution in [2.24, 2.45) is 0 Å². The maximum atomic E-state index is 5.84. The van der Waals surface area contributed by atoms with Crippen LogP contribution < -0.4 is 5.19 Å². The molecular weight excluding hydrogens is 569 g/mol. The van der Waals surface area contributed by atoms with Gasteiger partial charge in [-0.1, -0.05) is 91.0 Å².